The molecule has 1 aromatic carbocycles. The fourth-order valence-electron chi connectivity index (χ4n) is 2.56. The van der Waals surface area contributed by atoms with E-state index in [-0.39, 0.29) is 0 Å². The number of likely N-dealkylation sites (tertiary alicyclic amines) is 1. The van der Waals surface area contributed by atoms with Gasteiger partial charge < -0.3 is 15.3 Å². The summed E-state index contributed by atoms with van der Waals surface area (Å²) < 4.78 is 13.7. The van der Waals surface area contributed by atoms with Gasteiger partial charge in [0.25, 0.3) is 0 Å². The molecule has 2 rings (SSSR count). The lowest BCUT2D eigenvalue weighted by molar-refractivity contribution is 0.0990. The zero-order valence-corrected chi connectivity index (χ0v) is 12.3. The number of hydrogen-bond acceptors (Lipinski definition) is 4. The van der Waals surface area contributed by atoms with Gasteiger partial charge in [-0.1, -0.05) is 6.92 Å². The first kappa shape index (κ1) is 15.7. The summed E-state index contributed by atoms with van der Waals surface area (Å²) in [4.78, 5) is 2.25. The lowest BCUT2D eigenvalue weighted by Crippen LogP contribution is -2.40. The van der Waals surface area contributed by atoms with Crippen molar-refractivity contribution in [2.75, 3.05) is 31.5 Å². The first-order valence-corrected chi connectivity index (χ1v) is 7.42. The van der Waals surface area contributed by atoms with E-state index in [1.54, 1.807) is 6.07 Å². The molecule has 0 amide bonds. The van der Waals surface area contributed by atoms with Crippen LogP contribution in [0.15, 0.2) is 18.2 Å². The fraction of sp³-hybridized carbons (Fsp3) is 0.562. The van der Waals surface area contributed by atoms with Crippen molar-refractivity contribution in [2.24, 2.45) is 5.92 Å². The van der Waals surface area contributed by atoms with Crippen molar-refractivity contribution < 1.29 is 9.50 Å². The second kappa shape index (κ2) is 7.39. The van der Waals surface area contributed by atoms with E-state index >= 15 is 0 Å². The Hall–Kier alpha value is -1.64. The van der Waals surface area contributed by atoms with Crippen molar-refractivity contribution in [1.82, 2.24) is 4.90 Å². The van der Waals surface area contributed by atoms with Crippen molar-refractivity contribution in [2.45, 2.75) is 25.9 Å². The summed E-state index contributed by atoms with van der Waals surface area (Å²) in [5, 5.41) is 21.6. The Bertz CT molecular complexity index is 507. The summed E-state index contributed by atoms with van der Waals surface area (Å²) in [5.74, 6) is 0.303. The molecular weight excluding hydrogens is 269 g/mol. The quantitative estimate of drug-likeness (QED) is 0.873. The Morgan fingerprint density at radius 2 is 2.19 bits per heavy atom. The number of hydrogen-bond donors (Lipinski definition) is 2. The number of nitrogens with one attached hydrogen (secondary N) is 1. The number of piperidine rings is 1. The van der Waals surface area contributed by atoms with Crippen LogP contribution in [-0.4, -0.2) is 42.3 Å². The van der Waals surface area contributed by atoms with E-state index in [1.165, 1.54) is 25.0 Å². The molecule has 1 aliphatic heterocycles. The van der Waals surface area contributed by atoms with Crippen molar-refractivity contribution in [3.8, 4) is 6.07 Å². The first-order chi connectivity index (χ1) is 10.1. The van der Waals surface area contributed by atoms with Crippen molar-refractivity contribution in [3.63, 3.8) is 0 Å². The van der Waals surface area contributed by atoms with Crippen LogP contribution >= 0.6 is 0 Å². The Balaban J connectivity index is 1.78. The topological polar surface area (TPSA) is 59.3 Å². The van der Waals surface area contributed by atoms with Crippen LogP contribution < -0.4 is 5.32 Å². The number of nitriles is 1. The molecule has 114 valence electrons. The van der Waals surface area contributed by atoms with E-state index in [1.807, 2.05) is 6.07 Å². The number of halogens is 1. The first-order valence-electron chi connectivity index (χ1n) is 7.42. The summed E-state index contributed by atoms with van der Waals surface area (Å²) in [6, 6.07) is 6.18. The van der Waals surface area contributed by atoms with Gasteiger partial charge in [-0.2, -0.15) is 5.26 Å². The van der Waals surface area contributed by atoms with Crippen LogP contribution in [0, 0.1) is 23.1 Å². The molecule has 1 fully saturated rings. The number of β-amino-alcohol motifs (C(OH)–C–C–N with tert-alkyl or cyclic N) is 1. The molecule has 1 aromatic rings. The number of benzene rings is 1. The normalized spacial score (nSPS) is 18.2. The second-order valence-electron chi connectivity index (χ2n) is 5.82. The number of aliphatic hydroxyl groups excluding tert-OH is 1. The lowest BCUT2D eigenvalue weighted by Gasteiger charge is -2.31. The number of rotatable bonds is 5. The molecular formula is C16H22FN3O. The van der Waals surface area contributed by atoms with Crippen LogP contribution in [0.25, 0.3) is 0 Å². The van der Waals surface area contributed by atoms with Crippen LogP contribution in [0.4, 0.5) is 10.1 Å². The molecule has 0 aromatic heterocycles. The maximum atomic E-state index is 13.7. The van der Waals surface area contributed by atoms with E-state index in [2.05, 4.69) is 17.1 Å². The van der Waals surface area contributed by atoms with Gasteiger partial charge >= 0.3 is 0 Å². The van der Waals surface area contributed by atoms with Gasteiger partial charge in [0.1, 0.15) is 5.82 Å². The third kappa shape index (κ3) is 4.69. The average molecular weight is 291 g/mol. The standard InChI is InChI=1S/C16H22FN3O/c1-12-4-6-20(7-5-12)11-14(21)10-19-16-3-2-13(9-18)8-15(16)17/h2-3,8,12,14,19,21H,4-7,10-11H2,1H3/t14-/m0/s1. The molecule has 0 unspecified atom stereocenters. The molecule has 1 saturated heterocycles. The van der Waals surface area contributed by atoms with Gasteiger partial charge in [0.05, 0.1) is 23.4 Å². The van der Waals surface area contributed by atoms with Gasteiger partial charge in [-0.3, -0.25) is 0 Å². The summed E-state index contributed by atoms with van der Waals surface area (Å²) in [6.07, 6.45) is 1.81. The maximum absolute atomic E-state index is 13.7. The molecule has 0 spiro atoms. The van der Waals surface area contributed by atoms with Crippen molar-refractivity contribution in [1.29, 1.82) is 5.26 Å². The number of nitrogens with zero attached hydrogens (tertiary/aromatic N) is 2. The van der Waals surface area contributed by atoms with Gasteiger partial charge in [-0.15, -0.1) is 0 Å². The van der Waals surface area contributed by atoms with Crippen molar-refractivity contribution in [3.05, 3.63) is 29.6 Å². The highest BCUT2D eigenvalue weighted by Gasteiger charge is 2.18. The second-order valence-corrected chi connectivity index (χ2v) is 5.82. The molecule has 1 heterocycles. The molecule has 0 saturated carbocycles. The van der Waals surface area contributed by atoms with E-state index in [4.69, 9.17) is 5.26 Å². The minimum Gasteiger partial charge on any atom is -0.390 e. The molecule has 0 aliphatic carbocycles. The Morgan fingerprint density at radius 3 is 2.81 bits per heavy atom. The maximum Gasteiger partial charge on any atom is 0.147 e. The zero-order valence-electron chi connectivity index (χ0n) is 12.3. The monoisotopic (exact) mass is 291 g/mol. The predicted molar refractivity (Wildman–Crippen MR) is 80.4 cm³/mol. The third-order valence-corrected chi connectivity index (χ3v) is 3.97. The van der Waals surface area contributed by atoms with E-state index < -0.39 is 11.9 Å². The Labute approximate surface area is 125 Å². The summed E-state index contributed by atoms with van der Waals surface area (Å²) in [7, 11) is 0. The fourth-order valence-corrected chi connectivity index (χ4v) is 2.56. The summed E-state index contributed by atoms with van der Waals surface area (Å²) in [5.41, 5.74) is 0.612. The van der Waals surface area contributed by atoms with Gasteiger partial charge in [0.15, 0.2) is 0 Å². The zero-order chi connectivity index (χ0) is 15.2. The van der Waals surface area contributed by atoms with E-state index in [0.717, 1.165) is 19.0 Å². The highest BCUT2D eigenvalue weighted by molar-refractivity contribution is 5.48. The molecule has 0 bridgehead atoms. The molecule has 2 N–H and O–H groups in total. The van der Waals surface area contributed by atoms with Crippen LogP contribution in [0.5, 0.6) is 0 Å². The average Bonchev–Trinajstić information content (AvgIpc) is 2.48. The van der Waals surface area contributed by atoms with E-state index in [9.17, 15) is 9.50 Å². The SMILES string of the molecule is CC1CCN(C[C@@H](O)CNc2ccc(C#N)cc2F)CC1. The molecule has 0 radical (unpaired) electrons. The van der Waals surface area contributed by atoms with Gasteiger partial charge in [-0.05, 0) is 50.0 Å². The Kier molecular flexibility index (Phi) is 5.54. The van der Waals surface area contributed by atoms with Gasteiger partial charge in [-0.25, -0.2) is 4.39 Å². The van der Waals surface area contributed by atoms with Crippen LogP contribution in [0.3, 0.4) is 0 Å². The van der Waals surface area contributed by atoms with Crippen molar-refractivity contribution >= 4 is 5.69 Å². The number of aliphatic hydroxyl groups is 1. The number of anilines is 1. The van der Waals surface area contributed by atoms with E-state index in [0.29, 0.717) is 24.3 Å². The largest absolute Gasteiger partial charge is 0.390 e. The molecule has 1 aliphatic rings. The van der Waals surface area contributed by atoms with Gasteiger partial charge in [0.2, 0.25) is 0 Å². The van der Waals surface area contributed by atoms with Crippen LogP contribution in [0.1, 0.15) is 25.3 Å². The minimum absolute atomic E-state index is 0.293. The Morgan fingerprint density at radius 1 is 1.48 bits per heavy atom. The smallest absolute Gasteiger partial charge is 0.147 e. The highest BCUT2D eigenvalue weighted by atomic mass is 19.1. The molecule has 5 heteroatoms. The van der Waals surface area contributed by atoms with Gasteiger partial charge in [0, 0.05) is 13.1 Å². The summed E-state index contributed by atoms with van der Waals surface area (Å²) >= 11 is 0. The third-order valence-electron chi connectivity index (χ3n) is 3.97. The lowest BCUT2D eigenvalue weighted by atomic mass is 9.99. The molecule has 4 nitrogen and oxygen atoms in total. The molecule has 1 atom stereocenters. The molecule has 21 heavy (non-hydrogen) atoms. The van der Waals surface area contributed by atoms with Crippen LogP contribution in [-0.2, 0) is 0 Å². The van der Waals surface area contributed by atoms with Crippen LogP contribution in [0.2, 0.25) is 0 Å². The predicted octanol–water partition coefficient (Wildman–Crippen LogP) is 2.20. The summed E-state index contributed by atoms with van der Waals surface area (Å²) in [6.45, 7) is 5.20. The highest BCUT2D eigenvalue weighted by Crippen LogP contribution is 2.17. The minimum atomic E-state index is -0.534.